The molecule has 0 saturated heterocycles. The van der Waals surface area contributed by atoms with Crippen molar-refractivity contribution in [1.29, 1.82) is 0 Å². The van der Waals surface area contributed by atoms with Crippen LogP contribution in [-0.4, -0.2) is 19.0 Å². The first-order valence-electron chi connectivity index (χ1n) is 4.53. The minimum Gasteiger partial charge on any atom is -0.466 e. The zero-order chi connectivity index (χ0) is 10.1. The zero-order valence-electron chi connectivity index (χ0n) is 7.85. The molecule has 0 radical (unpaired) electrons. The highest BCUT2D eigenvalue weighted by Gasteiger charge is 2.63. The van der Waals surface area contributed by atoms with Gasteiger partial charge in [0.1, 0.15) is 0 Å². The van der Waals surface area contributed by atoms with Crippen molar-refractivity contribution in [3.63, 3.8) is 0 Å². The summed E-state index contributed by atoms with van der Waals surface area (Å²) in [5, 5.41) is 0. The van der Waals surface area contributed by atoms with Crippen molar-refractivity contribution in [2.45, 2.75) is 33.1 Å². The first-order chi connectivity index (χ1) is 6.08. The Labute approximate surface area is 76.3 Å². The summed E-state index contributed by atoms with van der Waals surface area (Å²) in [5.74, 6) is -1.24. The molecule has 2 nitrogen and oxygen atoms in total. The van der Waals surface area contributed by atoms with Crippen molar-refractivity contribution < 1.29 is 18.3 Å². The van der Waals surface area contributed by atoms with Crippen LogP contribution in [0.1, 0.15) is 26.7 Å². The van der Waals surface area contributed by atoms with Gasteiger partial charge >= 0.3 is 5.97 Å². The summed E-state index contributed by atoms with van der Waals surface area (Å²) in [6.07, 6.45) is -1.68. The fraction of sp³-hybridized carbons (Fsp3) is 0.889. The zero-order valence-corrected chi connectivity index (χ0v) is 7.85. The van der Waals surface area contributed by atoms with Gasteiger partial charge in [-0.15, -0.1) is 0 Å². The molecule has 13 heavy (non-hydrogen) atoms. The van der Waals surface area contributed by atoms with Gasteiger partial charge in [0, 0.05) is 5.92 Å². The standard InChI is InChI=1S/C9H14F2O2/c1-3-9(8(12)13-4-2)5-6(9)7(10)11/h6-7H,3-5H2,1-2H3. The van der Waals surface area contributed by atoms with Gasteiger partial charge in [0.2, 0.25) is 6.43 Å². The molecule has 0 N–H and O–H groups in total. The van der Waals surface area contributed by atoms with Crippen molar-refractivity contribution in [3.05, 3.63) is 0 Å². The fourth-order valence-corrected chi connectivity index (χ4v) is 1.72. The molecule has 0 aliphatic heterocycles. The van der Waals surface area contributed by atoms with Crippen LogP contribution < -0.4 is 0 Å². The summed E-state index contributed by atoms with van der Waals surface area (Å²) >= 11 is 0. The molecule has 76 valence electrons. The maximum atomic E-state index is 12.3. The summed E-state index contributed by atoms with van der Waals surface area (Å²) in [7, 11) is 0. The number of rotatable bonds is 4. The van der Waals surface area contributed by atoms with Gasteiger partial charge in [0.05, 0.1) is 12.0 Å². The lowest BCUT2D eigenvalue weighted by atomic mass is 10.0. The van der Waals surface area contributed by atoms with Crippen LogP contribution in [0.25, 0.3) is 0 Å². The predicted molar refractivity (Wildman–Crippen MR) is 43.5 cm³/mol. The van der Waals surface area contributed by atoms with Gasteiger partial charge in [-0.05, 0) is 19.8 Å². The summed E-state index contributed by atoms with van der Waals surface area (Å²) in [6.45, 7) is 3.69. The summed E-state index contributed by atoms with van der Waals surface area (Å²) in [4.78, 5) is 11.3. The SMILES string of the molecule is CCOC(=O)C1(CC)CC1C(F)F. The molecular formula is C9H14F2O2. The van der Waals surface area contributed by atoms with Crippen LogP contribution in [0, 0.1) is 11.3 Å². The van der Waals surface area contributed by atoms with E-state index in [1.54, 1.807) is 13.8 Å². The molecule has 0 amide bonds. The molecule has 1 rings (SSSR count). The maximum Gasteiger partial charge on any atom is 0.312 e. The molecule has 1 fully saturated rings. The third-order valence-electron chi connectivity index (χ3n) is 2.75. The van der Waals surface area contributed by atoms with Gasteiger partial charge in [-0.25, -0.2) is 8.78 Å². The van der Waals surface area contributed by atoms with Crippen molar-refractivity contribution in [1.82, 2.24) is 0 Å². The van der Waals surface area contributed by atoms with Gasteiger partial charge in [-0.3, -0.25) is 4.79 Å². The Morgan fingerprint density at radius 1 is 1.62 bits per heavy atom. The Kier molecular flexibility index (Phi) is 2.88. The molecule has 0 aromatic rings. The molecule has 0 aromatic carbocycles. The number of alkyl halides is 2. The minimum absolute atomic E-state index is 0.260. The first kappa shape index (κ1) is 10.4. The van der Waals surface area contributed by atoms with E-state index in [2.05, 4.69) is 0 Å². The van der Waals surface area contributed by atoms with E-state index >= 15 is 0 Å². The molecule has 0 spiro atoms. The molecule has 2 atom stereocenters. The highest BCUT2D eigenvalue weighted by Crippen LogP contribution is 2.58. The Morgan fingerprint density at radius 2 is 2.23 bits per heavy atom. The van der Waals surface area contributed by atoms with Crippen LogP contribution in [0.5, 0.6) is 0 Å². The Balaban J connectivity index is 2.59. The number of hydrogen-bond acceptors (Lipinski definition) is 2. The molecule has 1 aliphatic rings. The van der Waals surface area contributed by atoms with Gasteiger partial charge in [0.25, 0.3) is 0 Å². The highest BCUT2D eigenvalue weighted by atomic mass is 19.3. The normalized spacial score (nSPS) is 31.9. The van der Waals surface area contributed by atoms with Gasteiger partial charge in [-0.2, -0.15) is 0 Å². The van der Waals surface area contributed by atoms with Crippen LogP contribution in [0.4, 0.5) is 8.78 Å². The largest absolute Gasteiger partial charge is 0.466 e. The van der Waals surface area contributed by atoms with Crippen LogP contribution in [-0.2, 0) is 9.53 Å². The number of hydrogen-bond donors (Lipinski definition) is 0. The van der Waals surface area contributed by atoms with Crippen LogP contribution in [0.2, 0.25) is 0 Å². The Morgan fingerprint density at radius 3 is 2.54 bits per heavy atom. The molecule has 0 heterocycles. The summed E-state index contributed by atoms with van der Waals surface area (Å²) in [5.41, 5.74) is -0.871. The van der Waals surface area contributed by atoms with Crippen LogP contribution in [0.15, 0.2) is 0 Å². The number of carbonyl (C=O) groups is 1. The third kappa shape index (κ3) is 1.67. The Bertz CT molecular complexity index is 206. The average Bonchev–Trinajstić information content (AvgIpc) is 2.80. The molecule has 2 unspecified atom stereocenters. The second-order valence-electron chi connectivity index (χ2n) is 3.38. The smallest absolute Gasteiger partial charge is 0.312 e. The van der Waals surface area contributed by atoms with Gasteiger partial charge in [-0.1, -0.05) is 6.92 Å². The lowest BCUT2D eigenvalue weighted by Gasteiger charge is -2.12. The van der Waals surface area contributed by atoms with E-state index in [4.69, 9.17) is 4.74 Å². The lowest BCUT2D eigenvalue weighted by Crippen LogP contribution is -2.22. The monoisotopic (exact) mass is 192 g/mol. The summed E-state index contributed by atoms with van der Waals surface area (Å²) < 4.78 is 29.4. The number of ether oxygens (including phenoxy) is 1. The van der Waals surface area contributed by atoms with Crippen LogP contribution >= 0.6 is 0 Å². The molecule has 1 aliphatic carbocycles. The summed E-state index contributed by atoms with van der Waals surface area (Å²) in [6, 6.07) is 0. The topological polar surface area (TPSA) is 26.3 Å². The van der Waals surface area contributed by atoms with E-state index in [0.717, 1.165) is 0 Å². The highest BCUT2D eigenvalue weighted by molar-refractivity contribution is 5.80. The van der Waals surface area contributed by atoms with E-state index in [-0.39, 0.29) is 13.0 Å². The maximum absolute atomic E-state index is 12.3. The molecular weight excluding hydrogens is 178 g/mol. The first-order valence-corrected chi connectivity index (χ1v) is 4.53. The van der Waals surface area contributed by atoms with E-state index in [9.17, 15) is 13.6 Å². The predicted octanol–water partition coefficient (Wildman–Crippen LogP) is 2.23. The molecule has 0 bridgehead atoms. The average molecular weight is 192 g/mol. The Hall–Kier alpha value is -0.670. The molecule has 0 aromatic heterocycles. The lowest BCUT2D eigenvalue weighted by molar-refractivity contribution is -0.151. The molecule has 1 saturated carbocycles. The number of carbonyl (C=O) groups excluding carboxylic acids is 1. The van der Waals surface area contributed by atoms with E-state index in [0.29, 0.717) is 6.42 Å². The van der Waals surface area contributed by atoms with E-state index in [1.165, 1.54) is 0 Å². The van der Waals surface area contributed by atoms with Crippen LogP contribution in [0.3, 0.4) is 0 Å². The van der Waals surface area contributed by atoms with Crippen molar-refractivity contribution in [3.8, 4) is 0 Å². The van der Waals surface area contributed by atoms with Crippen molar-refractivity contribution in [2.24, 2.45) is 11.3 Å². The minimum atomic E-state index is -2.40. The van der Waals surface area contributed by atoms with Crippen molar-refractivity contribution in [2.75, 3.05) is 6.61 Å². The number of halogens is 2. The second kappa shape index (κ2) is 3.60. The second-order valence-corrected chi connectivity index (χ2v) is 3.38. The van der Waals surface area contributed by atoms with Gasteiger partial charge in [0.15, 0.2) is 0 Å². The molecule has 4 heteroatoms. The van der Waals surface area contributed by atoms with E-state index < -0.39 is 23.7 Å². The quantitative estimate of drug-likeness (QED) is 0.638. The number of esters is 1. The third-order valence-corrected chi connectivity index (χ3v) is 2.75. The van der Waals surface area contributed by atoms with Crippen molar-refractivity contribution >= 4 is 5.97 Å². The fourth-order valence-electron chi connectivity index (χ4n) is 1.72. The van der Waals surface area contributed by atoms with Gasteiger partial charge < -0.3 is 4.74 Å². The van der Waals surface area contributed by atoms with E-state index in [1.807, 2.05) is 0 Å².